The van der Waals surface area contributed by atoms with E-state index in [4.69, 9.17) is 9.29 Å². The first-order chi connectivity index (χ1) is 10.6. The van der Waals surface area contributed by atoms with Gasteiger partial charge in [-0.3, -0.25) is 9.35 Å². The van der Waals surface area contributed by atoms with E-state index < -0.39 is 39.7 Å². The van der Waals surface area contributed by atoms with Crippen molar-refractivity contribution < 1.29 is 37.2 Å². The van der Waals surface area contributed by atoms with E-state index in [1.807, 2.05) is 0 Å². The molecule has 124 valence electrons. The van der Waals surface area contributed by atoms with Gasteiger partial charge in [0, 0.05) is 0 Å². The van der Waals surface area contributed by atoms with Crippen LogP contribution in [0.2, 0.25) is 0 Å². The van der Waals surface area contributed by atoms with E-state index in [9.17, 15) is 28.5 Å². The molecule has 0 saturated heterocycles. The maximum absolute atomic E-state index is 12.1. The molecule has 2 aromatic rings. The van der Waals surface area contributed by atoms with Crippen molar-refractivity contribution in [3.8, 4) is 23.0 Å². The predicted molar refractivity (Wildman–Crippen MR) is 78.1 cm³/mol. The number of fused-ring (bicyclic) bond motifs is 1. The van der Waals surface area contributed by atoms with Crippen LogP contribution in [0, 0.1) is 0 Å². The lowest BCUT2D eigenvalue weighted by Crippen LogP contribution is -2.03. The van der Waals surface area contributed by atoms with Crippen LogP contribution < -0.4 is 10.2 Å². The van der Waals surface area contributed by atoms with Gasteiger partial charge < -0.3 is 20.1 Å². The van der Waals surface area contributed by atoms with Gasteiger partial charge >= 0.3 is 10.4 Å². The van der Waals surface area contributed by atoms with Crippen LogP contribution in [0.4, 0.5) is 0 Å². The van der Waals surface area contributed by atoms with Gasteiger partial charge in [0.1, 0.15) is 0 Å². The van der Waals surface area contributed by atoms with Crippen molar-refractivity contribution >= 4 is 21.2 Å². The van der Waals surface area contributed by atoms with Crippen LogP contribution in [0.25, 0.3) is 10.8 Å². The number of hydrogen-bond acceptors (Lipinski definition) is 8. The zero-order valence-electron chi connectivity index (χ0n) is 11.7. The van der Waals surface area contributed by atoms with E-state index in [0.717, 1.165) is 6.07 Å². The van der Waals surface area contributed by atoms with Gasteiger partial charge in [0.2, 0.25) is 11.2 Å². The van der Waals surface area contributed by atoms with Crippen LogP contribution >= 0.6 is 0 Å². The predicted octanol–water partition coefficient (Wildman–Crippen LogP) is 0.645. The summed E-state index contributed by atoms with van der Waals surface area (Å²) in [5.41, 5.74) is -0.979. The first-order valence-electron chi connectivity index (χ1n) is 6.04. The number of hydrogen-bond donors (Lipinski definition) is 4. The van der Waals surface area contributed by atoms with Crippen molar-refractivity contribution in [2.24, 2.45) is 0 Å². The van der Waals surface area contributed by atoms with Gasteiger partial charge in [-0.2, -0.15) is 8.42 Å². The molecular formula is C13H12O9S. The largest absolute Gasteiger partial charge is 0.504 e. The number of aromatic hydroxyl groups is 3. The number of phenols is 2. The molecule has 0 radical (unpaired) electrons. The van der Waals surface area contributed by atoms with E-state index in [-0.39, 0.29) is 22.1 Å². The van der Waals surface area contributed by atoms with Gasteiger partial charge in [0.25, 0.3) is 0 Å². The lowest BCUT2D eigenvalue weighted by molar-refractivity contribution is 0.259. The van der Waals surface area contributed by atoms with Crippen LogP contribution in [-0.4, -0.2) is 35.4 Å². The molecule has 10 heteroatoms. The molecule has 0 heterocycles. The summed E-state index contributed by atoms with van der Waals surface area (Å²) >= 11 is 0. The summed E-state index contributed by atoms with van der Waals surface area (Å²) < 4.78 is 38.8. The van der Waals surface area contributed by atoms with Gasteiger partial charge in [-0.05, 0) is 29.1 Å². The monoisotopic (exact) mass is 344 g/mol. The summed E-state index contributed by atoms with van der Waals surface area (Å²) in [5, 5.41) is 29.1. The Morgan fingerprint density at radius 3 is 2.30 bits per heavy atom. The van der Waals surface area contributed by atoms with Crippen LogP contribution in [-0.2, 0) is 21.2 Å². The van der Waals surface area contributed by atoms with Crippen molar-refractivity contribution in [1.82, 2.24) is 0 Å². The summed E-state index contributed by atoms with van der Waals surface area (Å²) in [7, 11) is -3.50. The molecule has 0 atom stereocenters. The highest BCUT2D eigenvalue weighted by Crippen LogP contribution is 2.40. The Balaban J connectivity index is 2.79. The standard InChI is InChI=1S/C13H12O9S/c1-21-9-4-7-2-6(5-22-23(18,19)20)3-8(14)11(15)10(7)13(17)12(9)16/h2-4,16-17H,5H2,1H3,(H,14,15)(H,18,19,20). The molecule has 2 rings (SSSR count). The smallest absolute Gasteiger partial charge is 0.397 e. The number of benzene rings is 1. The van der Waals surface area contributed by atoms with Crippen molar-refractivity contribution in [3.05, 3.63) is 34.0 Å². The van der Waals surface area contributed by atoms with Gasteiger partial charge in [-0.25, -0.2) is 4.18 Å². The molecule has 2 aromatic carbocycles. The van der Waals surface area contributed by atoms with Crippen molar-refractivity contribution in [2.75, 3.05) is 7.11 Å². The molecule has 0 bridgehead atoms. The molecule has 0 saturated carbocycles. The summed E-state index contributed by atoms with van der Waals surface area (Å²) in [6, 6.07) is 3.35. The highest BCUT2D eigenvalue weighted by atomic mass is 32.3. The summed E-state index contributed by atoms with van der Waals surface area (Å²) in [6.07, 6.45) is 0. The maximum Gasteiger partial charge on any atom is 0.397 e. The summed E-state index contributed by atoms with van der Waals surface area (Å²) in [6.45, 7) is -0.667. The number of rotatable bonds is 4. The summed E-state index contributed by atoms with van der Waals surface area (Å²) in [4.78, 5) is 12.1. The molecule has 23 heavy (non-hydrogen) atoms. The Labute approximate surface area is 129 Å². The topological polar surface area (TPSA) is 151 Å². The molecule has 0 fully saturated rings. The number of ether oxygens (including phenoxy) is 1. The molecule has 0 amide bonds. The van der Waals surface area contributed by atoms with Crippen molar-refractivity contribution in [3.63, 3.8) is 0 Å². The minimum atomic E-state index is -4.72. The number of phenolic OH excluding ortho intramolecular Hbond substituents is 2. The fourth-order valence-corrected chi connectivity index (χ4v) is 2.28. The maximum atomic E-state index is 12.1. The second kappa shape index (κ2) is 5.91. The highest BCUT2D eigenvalue weighted by Gasteiger charge is 2.17. The second-order valence-electron chi connectivity index (χ2n) is 4.51. The first-order valence-corrected chi connectivity index (χ1v) is 7.41. The molecule has 0 spiro atoms. The average molecular weight is 344 g/mol. The SMILES string of the molecule is COc1cc2cc(COS(=O)(=O)O)cc(O)c(=O)c2c(O)c1O. The van der Waals surface area contributed by atoms with E-state index in [1.165, 1.54) is 19.2 Å². The minimum Gasteiger partial charge on any atom is -0.504 e. The van der Waals surface area contributed by atoms with E-state index >= 15 is 0 Å². The van der Waals surface area contributed by atoms with Crippen LogP contribution in [0.3, 0.4) is 0 Å². The average Bonchev–Trinajstić information content (AvgIpc) is 2.58. The Morgan fingerprint density at radius 1 is 1.09 bits per heavy atom. The zero-order chi connectivity index (χ0) is 17.4. The molecule has 4 N–H and O–H groups in total. The van der Waals surface area contributed by atoms with Gasteiger partial charge in [-0.15, -0.1) is 0 Å². The fourth-order valence-electron chi connectivity index (χ4n) is 2.00. The zero-order valence-corrected chi connectivity index (χ0v) is 12.5. The molecule has 0 aliphatic rings. The third-order valence-electron chi connectivity index (χ3n) is 2.99. The van der Waals surface area contributed by atoms with E-state index in [0.29, 0.717) is 0 Å². The van der Waals surface area contributed by atoms with Crippen LogP contribution in [0.15, 0.2) is 23.0 Å². The molecule has 9 nitrogen and oxygen atoms in total. The van der Waals surface area contributed by atoms with Crippen LogP contribution in [0.5, 0.6) is 23.0 Å². The number of methoxy groups -OCH3 is 1. The van der Waals surface area contributed by atoms with E-state index in [1.54, 1.807) is 0 Å². The Kier molecular flexibility index (Phi) is 4.32. The first kappa shape index (κ1) is 16.8. The van der Waals surface area contributed by atoms with Gasteiger partial charge in [0.05, 0.1) is 19.1 Å². The lowest BCUT2D eigenvalue weighted by atomic mass is 10.1. The summed E-state index contributed by atoms with van der Waals surface area (Å²) in [5.74, 6) is -2.42. The second-order valence-corrected chi connectivity index (χ2v) is 5.60. The van der Waals surface area contributed by atoms with Crippen molar-refractivity contribution in [1.29, 1.82) is 0 Å². The third kappa shape index (κ3) is 3.44. The van der Waals surface area contributed by atoms with Crippen LogP contribution in [0.1, 0.15) is 5.56 Å². The third-order valence-corrected chi connectivity index (χ3v) is 3.40. The van der Waals surface area contributed by atoms with Gasteiger partial charge in [-0.1, -0.05) is 0 Å². The Bertz CT molecular complexity index is 934. The normalized spacial score (nSPS) is 11.6. The Hall–Kier alpha value is -2.56. The lowest BCUT2D eigenvalue weighted by Gasteiger charge is -2.06. The van der Waals surface area contributed by atoms with Gasteiger partial charge in [0.15, 0.2) is 17.2 Å². The van der Waals surface area contributed by atoms with Crippen molar-refractivity contribution in [2.45, 2.75) is 6.61 Å². The molecule has 0 unspecified atom stereocenters. The highest BCUT2D eigenvalue weighted by molar-refractivity contribution is 7.80. The quantitative estimate of drug-likeness (QED) is 0.462. The molecule has 0 aliphatic carbocycles. The minimum absolute atomic E-state index is 0.0133. The molecular weight excluding hydrogens is 332 g/mol. The molecule has 0 aliphatic heterocycles. The van der Waals surface area contributed by atoms with E-state index in [2.05, 4.69) is 4.18 Å². The molecule has 0 aromatic heterocycles. The Morgan fingerprint density at radius 2 is 1.74 bits per heavy atom. The fraction of sp³-hybridized carbons (Fsp3) is 0.154.